The van der Waals surface area contributed by atoms with Crippen molar-refractivity contribution in [3.8, 4) is 5.75 Å². The van der Waals surface area contributed by atoms with Crippen molar-refractivity contribution in [1.82, 2.24) is 0 Å². The Morgan fingerprint density at radius 2 is 1.89 bits per heavy atom. The van der Waals surface area contributed by atoms with E-state index in [4.69, 9.17) is 16.3 Å². The van der Waals surface area contributed by atoms with Crippen molar-refractivity contribution in [3.63, 3.8) is 0 Å². The van der Waals surface area contributed by atoms with E-state index in [9.17, 15) is 4.39 Å². The van der Waals surface area contributed by atoms with Gasteiger partial charge >= 0.3 is 0 Å². The average Bonchev–Trinajstić information content (AvgIpc) is 2.37. The van der Waals surface area contributed by atoms with Gasteiger partial charge in [-0.15, -0.1) is 0 Å². The molecule has 0 saturated heterocycles. The number of ether oxygens (including phenoxy) is 1. The fourth-order valence-electron chi connectivity index (χ4n) is 1.70. The molecule has 0 spiro atoms. The second kappa shape index (κ2) is 5.72. The van der Waals surface area contributed by atoms with Gasteiger partial charge in [0.25, 0.3) is 0 Å². The summed E-state index contributed by atoms with van der Waals surface area (Å²) in [7, 11) is 1.45. The van der Waals surface area contributed by atoms with Crippen LogP contribution in [0.2, 0.25) is 5.02 Å². The molecule has 0 N–H and O–H groups in total. The van der Waals surface area contributed by atoms with Crippen LogP contribution in [-0.2, 0) is 0 Å². The van der Waals surface area contributed by atoms with Crippen LogP contribution in [0.25, 0.3) is 0 Å². The first-order valence-corrected chi connectivity index (χ1v) is 6.64. The maximum absolute atomic E-state index is 13.6. The van der Waals surface area contributed by atoms with Crippen LogP contribution in [0.4, 0.5) is 4.39 Å². The lowest BCUT2D eigenvalue weighted by molar-refractivity contribution is 0.386. The lowest BCUT2D eigenvalue weighted by Crippen LogP contribution is -1.95. The van der Waals surface area contributed by atoms with E-state index in [1.54, 1.807) is 12.1 Å². The third-order valence-electron chi connectivity index (χ3n) is 2.61. The first kappa shape index (κ1) is 13.4. The fourth-order valence-corrected chi connectivity index (χ4v) is 2.47. The number of hydrogen-bond acceptors (Lipinski definition) is 1. The highest BCUT2D eigenvalue weighted by Gasteiger charge is 2.13. The Morgan fingerprint density at radius 3 is 2.50 bits per heavy atom. The molecule has 0 fully saturated rings. The molecular formula is C14H11BrClFO. The Morgan fingerprint density at radius 1 is 1.17 bits per heavy atom. The van der Waals surface area contributed by atoms with Crippen molar-refractivity contribution in [2.75, 3.05) is 7.11 Å². The number of methoxy groups -OCH3 is 1. The van der Waals surface area contributed by atoms with Crippen molar-refractivity contribution in [3.05, 3.63) is 64.4 Å². The molecule has 0 heterocycles. The highest BCUT2D eigenvalue weighted by atomic mass is 79.9. The molecule has 1 atom stereocenters. The monoisotopic (exact) mass is 328 g/mol. The maximum Gasteiger partial charge on any atom is 0.165 e. The van der Waals surface area contributed by atoms with Gasteiger partial charge in [0.15, 0.2) is 11.6 Å². The SMILES string of the molecule is COc1ccc(C(Br)c2cccc(Cl)c2)cc1F. The summed E-state index contributed by atoms with van der Waals surface area (Å²) in [5.74, 6) is -0.133. The first-order valence-electron chi connectivity index (χ1n) is 5.35. The molecule has 0 aliphatic heterocycles. The van der Waals surface area contributed by atoms with E-state index < -0.39 is 0 Å². The molecule has 0 amide bonds. The highest BCUT2D eigenvalue weighted by molar-refractivity contribution is 9.09. The Kier molecular flexibility index (Phi) is 4.25. The minimum absolute atomic E-state index is 0.100. The second-order valence-electron chi connectivity index (χ2n) is 3.81. The molecule has 2 aromatic rings. The maximum atomic E-state index is 13.6. The molecule has 0 aliphatic rings. The van der Waals surface area contributed by atoms with E-state index in [1.165, 1.54) is 13.2 Å². The second-order valence-corrected chi connectivity index (χ2v) is 5.16. The van der Waals surface area contributed by atoms with Crippen LogP contribution in [0.15, 0.2) is 42.5 Å². The molecule has 18 heavy (non-hydrogen) atoms. The summed E-state index contributed by atoms with van der Waals surface area (Å²) in [6, 6.07) is 12.4. The number of rotatable bonds is 3. The van der Waals surface area contributed by atoms with Crippen LogP contribution in [0, 0.1) is 5.82 Å². The smallest absolute Gasteiger partial charge is 0.165 e. The van der Waals surface area contributed by atoms with E-state index >= 15 is 0 Å². The third kappa shape index (κ3) is 2.85. The van der Waals surface area contributed by atoms with Crippen LogP contribution in [0.1, 0.15) is 16.0 Å². The van der Waals surface area contributed by atoms with Crippen molar-refractivity contribution < 1.29 is 9.13 Å². The number of benzene rings is 2. The zero-order valence-electron chi connectivity index (χ0n) is 9.66. The summed E-state index contributed by atoms with van der Waals surface area (Å²) in [6.45, 7) is 0. The molecular weight excluding hydrogens is 319 g/mol. The molecule has 0 aliphatic carbocycles. The van der Waals surface area contributed by atoms with Crippen molar-refractivity contribution in [2.24, 2.45) is 0 Å². The Bertz CT molecular complexity index is 559. The lowest BCUT2D eigenvalue weighted by Gasteiger charge is -2.12. The van der Waals surface area contributed by atoms with Crippen LogP contribution in [0.3, 0.4) is 0 Å². The van der Waals surface area contributed by atoms with Gasteiger partial charge in [-0.25, -0.2) is 4.39 Å². The Balaban J connectivity index is 2.34. The predicted molar refractivity (Wildman–Crippen MR) is 75.2 cm³/mol. The molecule has 0 bridgehead atoms. The standard InChI is InChI=1S/C14H11BrClFO/c1-18-13-6-5-10(8-12(13)17)14(15)9-3-2-4-11(16)7-9/h2-8,14H,1H3. The van der Waals surface area contributed by atoms with E-state index in [0.717, 1.165) is 11.1 Å². The Hall–Kier alpha value is -1.06. The summed E-state index contributed by atoms with van der Waals surface area (Å²) in [5.41, 5.74) is 1.79. The van der Waals surface area contributed by atoms with E-state index in [0.29, 0.717) is 5.02 Å². The molecule has 0 aromatic heterocycles. The largest absolute Gasteiger partial charge is 0.494 e. The minimum atomic E-state index is -0.374. The Labute approximate surface area is 119 Å². The van der Waals surface area contributed by atoms with Gasteiger partial charge < -0.3 is 4.74 Å². The number of alkyl halides is 1. The molecule has 94 valence electrons. The molecule has 2 rings (SSSR count). The molecule has 0 radical (unpaired) electrons. The first-order chi connectivity index (χ1) is 8.61. The third-order valence-corrected chi connectivity index (χ3v) is 3.90. The zero-order valence-corrected chi connectivity index (χ0v) is 12.0. The molecule has 4 heteroatoms. The normalized spacial score (nSPS) is 12.2. The number of halogens is 3. The van der Waals surface area contributed by atoms with Crippen molar-refractivity contribution in [1.29, 1.82) is 0 Å². The van der Waals surface area contributed by atoms with Crippen LogP contribution >= 0.6 is 27.5 Å². The average molecular weight is 330 g/mol. The molecule has 0 saturated carbocycles. The number of hydrogen-bond donors (Lipinski definition) is 0. The van der Waals surface area contributed by atoms with E-state index in [1.807, 2.05) is 24.3 Å². The van der Waals surface area contributed by atoms with E-state index in [2.05, 4.69) is 15.9 Å². The van der Waals surface area contributed by atoms with Crippen LogP contribution < -0.4 is 4.74 Å². The van der Waals surface area contributed by atoms with E-state index in [-0.39, 0.29) is 16.4 Å². The highest BCUT2D eigenvalue weighted by Crippen LogP contribution is 2.33. The molecule has 2 aromatic carbocycles. The topological polar surface area (TPSA) is 9.23 Å². The molecule has 1 unspecified atom stereocenters. The minimum Gasteiger partial charge on any atom is -0.494 e. The zero-order chi connectivity index (χ0) is 13.1. The van der Waals surface area contributed by atoms with Gasteiger partial charge in [-0.3, -0.25) is 0 Å². The van der Waals surface area contributed by atoms with Gasteiger partial charge in [-0.1, -0.05) is 45.7 Å². The summed E-state index contributed by atoms with van der Waals surface area (Å²) in [4.78, 5) is -0.100. The van der Waals surface area contributed by atoms with Crippen molar-refractivity contribution in [2.45, 2.75) is 4.83 Å². The van der Waals surface area contributed by atoms with Gasteiger partial charge in [0.2, 0.25) is 0 Å². The van der Waals surface area contributed by atoms with Gasteiger partial charge in [-0.05, 0) is 35.4 Å². The molecule has 1 nitrogen and oxygen atoms in total. The summed E-state index contributed by atoms with van der Waals surface area (Å²) < 4.78 is 18.5. The fraction of sp³-hybridized carbons (Fsp3) is 0.143. The predicted octanol–water partition coefficient (Wildman–Crippen LogP) is 4.97. The van der Waals surface area contributed by atoms with Gasteiger partial charge in [0.1, 0.15) is 0 Å². The van der Waals surface area contributed by atoms with Gasteiger partial charge in [0.05, 0.1) is 11.9 Å². The van der Waals surface area contributed by atoms with Crippen LogP contribution in [-0.4, -0.2) is 7.11 Å². The summed E-state index contributed by atoms with van der Waals surface area (Å²) in [6.07, 6.45) is 0. The summed E-state index contributed by atoms with van der Waals surface area (Å²) >= 11 is 9.48. The lowest BCUT2D eigenvalue weighted by atomic mass is 10.0. The quantitative estimate of drug-likeness (QED) is 0.722. The van der Waals surface area contributed by atoms with Gasteiger partial charge in [-0.2, -0.15) is 0 Å². The van der Waals surface area contributed by atoms with Crippen LogP contribution in [0.5, 0.6) is 5.75 Å². The van der Waals surface area contributed by atoms with Gasteiger partial charge in [0, 0.05) is 5.02 Å². The van der Waals surface area contributed by atoms with Crippen molar-refractivity contribution >= 4 is 27.5 Å². The summed E-state index contributed by atoms with van der Waals surface area (Å²) in [5, 5.41) is 0.658.